The SMILES string of the molecule is CCN(CC(=O)NC1CCS(=O)(=O)C1)C(=O)c1ccccc1COc1ccccc1. The molecule has 0 aromatic heterocycles. The average Bonchev–Trinajstić information content (AvgIpc) is 3.09. The fourth-order valence-corrected chi connectivity index (χ4v) is 5.06. The van der Waals surface area contributed by atoms with Crippen LogP contribution in [-0.2, 0) is 21.2 Å². The van der Waals surface area contributed by atoms with Crippen LogP contribution in [0.25, 0.3) is 0 Å². The number of ether oxygens (including phenoxy) is 1. The number of nitrogens with zero attached hydrogens (tertiary/aromatic N) is 1. The van der Waals surface area contributed by atoms with Crippen LogP contribution in [0.15, 0.2) is 54.6 Å². The molecular formula is C22H26N2O5S. The highest BCUT2D eigenvalue weighted by molar-refractivity contribution is 7.91. The lowest BCUT2D eigenvalue weighted by Gasteiger charge is -2.23. The minimum atomic E-state index is -3.08. The van der Waals surface area contributed by atoms with Gasteiger partial charge in [-0.25, -0.2) is 8.42 Å². The molecule has 1 N–H and O–H groups in total. The van der Waals surface area contributed by atoms with Crippen LogP contribution in [0.5, 0.6) is 5.75 Å². The molecule has 7 nitrogen and oxygen atoms in total. The summed E-state index contributed by atoms with van der Waals surface area (Å²) in [5.74, 6) is 0.129. The second kappa shape index (κ2) is 9.75. The van der Waals surface area contributed by atoms with Crippen molar-refractivity contribution in [3.8, 4) is 5.75 Å². The standard InChI is InChI=1S/C22H26N2O5S/c1-2-24(14-21(25)23-18-12-13-30(27,28)16-18)22(26)20-11-7-6-8-17(20)15-29-19-9-4-3-5-10-19/h3-11,18H,2,12-16H2,1H3,(H,23,25). The van der Waals surface area contributed by atoms with Crippen LogP contribution in [0, 0.1) is 0 Å². The van der Waals surface area contributed by atoms with E-state index in [2.05, 4.69) is 5.32 Å². The molecule has 1 unspecified atom stereocenters. The normalized spacial score (nSPS) is 17.3. The number of sulfone groups is 1. The third-order valence-corrected chi connectivity index (χ3v) is 6.75. The predicted molar refractivity (Wildman–Crippen MR) is 114 cm³/mol. The van der Waals surface area contributed by atoms with E-state index in [0.717, 1.165) is 5.56 Å². The molecule has 8 heteroatoms. The van der Waals surface area contributed by atoms with Gasteiger partial charge in [0.1, 0.15) is 12.4 Å². The summed E-state index contributed by atoms with van der Waals surface area (Å²) in [4.78, 5) is 26.9. The number of benzene rings is 2. The molecule has 0 bridgehead atoms. The van der Waals surface area contributed by atoms with Crippen molar-refractivity contribution < 1.29 is 22.7 Å². The van der Waals surface area contributed by atoms with E-state index in [4.69, 9.17) is 4.74 Å². The number of amides is 2. The molecule has 1 saturated heterocycles. The summed E-state index contributed by atoms with van der Waals surface area (Å²) in [7, 11) is -3.08. The van der Waals surface area contributed by atoms with E-state index in [-0.39, 0.29) is 42.5 Å². The first kappa shape index (κ1) is 21.8. The Hall–Kier alpha value is -2.87. The smallest absolute Gasteiger partial charge is 0.254 e. The molecule has 1 aliphatic heterocycles. The second-order valence-corrected chi connectivity index (χ2v) is 9.47. The van der Waals surface area contributed by atoms with Crippen LogP contribution >= 0.6 is 0 Å². The molecule has 2 amide bonds. The van der Waals surface area contributed by atoms with E-state index in [0.29, 0.717) is 24.3 Å². The number of carbonyl (C=O) groups is 2. The summed E-state index contributed by atoms with van der Waals surface area (Å²) in [6.45, 7) is 2.26. The number of hydrogen-bond acceptors (Lipinski definition) is 5. The first-order chi connectivity index (χ1) is 14.4. The third kappa shape index (κ3) is 5.82. The lowest BCUT2D eigenvalue weighted by atomic mass is 10.1. The van der Waals surface area contributed by atoms with Crippen molar-refractivity contribution >= 4 is 21.7 Å². The van der Waals surface area contributed by atoms with Gasteiger partial charge in [0.05, 0.1) is 18.1 Å². The molecule has 2 aromatic carbocycles. The van der Waals surface area contributed by atoms with Crippen LogP contribution in [0.2, 0.25) is 0 Å². The highest BCUT2D eigenvalue weighted by Gasteiger charge is 2.29. The second-order valence-electron chi connectivity index (χ2n) is 7.25. The molecule has 1 atom stereocenters. The molecule has 2 aromatic rings. The quantitative estimate of drug-likeness (QED) is 0.692. The number of para-hydroxylation sites is 1. The molecule has 1 aliphatic rings. The van der Waals surface area contributed by atoms with Crippen molar-refractivity contribution in [2.45, 2.75) is 26.0 Å². The third-order valence-electron chi connectivity index (χ3n) is 4.99. The maximum atomic E-state index is 13.1. The number of nitrogens with one attached hydrogen (secondary N) is 1. The maximum absolute atomic E-state index is 13.1. The molecule has 0 radical (unpaired) electrons. The molecule has 0 spiro atoms. The summed E-state index contributed by atoms with van der Waals surface area (Å²) in [5.41, 5.74) is 1.21. The minimum absolute atomic E-state index is 0.0432. The van der Waals surface area contributed by atoms with Gasteiger partial charge in [0.15, 0.2) is 9.84 Å². The molecular weight excluding hydrogens is 404 g/mol. The zero-order valence-corrected chi connectivity index (χ0v) is 17.7. The van der Waals surface area contributed by atoms with Gasteiger partial charge in [-0.05, 0) is 31.5 Å². The van der Waals surface area contributed by atoms with Gasteiger partial charge in [0.25, 0.3) is 5.91 Å². The predicted octanol–water partition coefficient (Wildman–Crippen LogP) is 2.03. The fourth-order valence-electron chi connectivity index (χ4n) is 3.39. The Labute approximate surface area is 177 Å². The van der Waals surface area contributed by atoms with Gasteiger partial charge in [0, 0.05) is 23.7 Å². The maximum Gasteiger partial charge on any atom is 0.254 e. The van der Waals surface area contributed by atoms with Gasteiger partial charge in [0.2, 0.25) is 5.91 Å². The number of hydrogen-bond donors (Lipinski definition) is 1. The van der Waals surface area contributed by atoms with Crippen LogP contribution in [-0.4, -0.2) is 55.8 Å². The summed E-state index contributed by atoms with van der Waals surface area (Å²) < 4.78 is 28.9. The summed E-state index contributed by atoms with van der Waals surface area (Å²) in [6.07, 6.45) is 0.411. The highest BCUT2D eigenvalue weighted by atomic mass is 32.2. The molecule has 1 heterocycles. The molecule has 30 heavy (non-hydrogen) atoms. The van der Waals surface area contributed by atoms with Crippen molar-refractivity contribution in [2.75, 3.05) is 24.6 Å². The van der Waals surface area contributed by atoms with Gasteiger partial charge >= 0.3 is 0 Å². The van der Waals surface area contributed by atoms with E-state index in [1.807, 2.05) is 42.5 Å². The van der Waals surface area contributed by atoms with E-state index in [1.165, 1.54) is 4.90 Å². The largest absolute Gasteiger partial charge is 0.489 e. The Kier molecular flexibility index (Phi) is 7.10. The van der Waals surface area contributed by atoms with Gasteiger partial charge in [-0.2, -0.15) is 0 Å². The lowest BCUT2D eigenvalue weighted by Crippen LogP contribution is -2.44. The van der Waals surface area contributed by atoms with E-state index in [1.54, 1.807) is 19.1 Å². The molecule has 3 rings (SSSR count). The van der Waals surface area contributed by atoms with E-state index in [9.17, 15) is 18.0 Å². The number of likely N-dealkylation sites (N-methyl/N-ethyl adjacent to an activating group) is 1. The Balaban J connectivity index is 1.64. The van der Waals surface area contributed by atoms with Gasteiger partial charge in [-0.3, -0.25) is 9.59 Å². The molecule has 1 fully saturated rings. The zero-order chi connectivity index (χ0) is 21.6. The number of carbonyl (C=O) groups excluding carboxylic acids is 2. The Bertz CT molecular complexity index is 992. The van der Waals surface area contributed by atoms with E-state index >= 15 is 0 Å². The highest BCUT2D eigenvalue weighted by Crippen LogP contribution is 2.17. The Morgan fingerprint density at radius 2 is 1.80 bits per heavy atom. The lowest BCUT2D eigenvalue weighted by molar-refractivity contribution is -0.122. The van der Waals surface area contributed by atoms with Crippen molar-refractivity contribution in [3.63, 3.8) is 0 Å². The molecule has 160 valence electrons. The zero-order valence-electron chi connectivity index (χ0n) is 16.9. The van der Waals surface area contributed by atoms with Crippen molar-refractivity contribution in [3.05, 3.63) is 65.7 Å². The minimum Gasteiger partial charge on any atom is -0.489 e. The van der Waals surface area contributed by atoms with E-state index < -0.39 is 9.84 Å². The summed E-state index contributed by atoms with van der Waals surface area (Å²) in [5, 5.41) is 2.73. The van der Waals surface area contributed by atoms with Crippen LogP contribution in [0.3, 0.4) is 0 Å². The first-order valence-electron chi connectivity index (χ1n) is 9.93. The molecule has 0 saturated carbocycles. The summed E-state index contributed by atoms with van der Waals surface area (Å²) >= 11 is 0. The van der Waals surface area contributed by atoms with Gasteiger partial charge in [-0.15, -0.1) is 0 Å². The topological polar surface area (TPSA) is 92.8 Å². The Morgan fingerprint density at radius 1 is 1.10 bits per heavy atom. The summed E-state index contributed by atoms with van der Waals surface area (Å²) in [6, 6.07) is 16.1. The van der Waals surface area contributed by atoms with Crippen molar-refractivity contribution in [1.82, 2.24) is 10.2 Å². The fraction of sp³-hybridized carbons (Fsp3) is 0.364. The van der Waals surface area contributed by atoms with Crippen LogP contribution in [0.1, 0.15) is 29.3 Å². The average molecular weight is 431 g/mol. The number of rotatable bonds is 8. The van der Waals surface area contributed by atoms with Gasteiger partial charge < -0.3 is 15.0 Å². The first-order valence-corrected chi connectivity index (χ1v) is 11.7. The monoisotopic (exact) mass is 430 g/mol. The van der Waals surface area contributed by atoms with Crippen LogP contribution < -0.4 is 10.1 Å². The van der Waals surface area contributed by atoms with Crippen molar-refractivity contribution in [2.24, 2.45) is 0 Å². The Morgan fingerprint density at radius 3 is 2.47 bits per heavy atom. The van der Waals surface area contributed by atoms with Crippen LogP contribution in [0.4, 0.5) is 0 Å². The molecule has 0 aliphatic carbocycles. The van der Waals surface area contributed by atoms with Crippen molar-refractivity contribution in [1.29, 1.82) is 0 Å². The van der Waals surface area contributed by atoms with Gasteiger partial charge in [-0.1, -0.05) is 36.4 Å².